The van der Waals surface area contributed by atoms with Gasteiger partial charge in [0.05, 0.1) is 24.9 Å². The van der Waals surface area contributed by atoms with Crippen molar-refractivity contribution in [3.05, 3.63) is 0 Å². The van der Waals surface area contributed by atoms with Gasteiger partial charge in [0.15, 0.2) is 6.29 Å². The van der Waals surface area contributed by atoms with E-state index >= 15 is 0 Å². The van der Waals surface area contributed by atoms with Crippen molar-refractivity contribution < 1.29 is 34.6 Å². The second-order valence-electron chi connectivity index (χ2n) is 8.81. The third-order valence-corrected chi connectivity index (χ3v) is 5.66. The Morgan fingerprint density at radius 2 is 1.77 bits per heavy atom. The Hall–Kier alpha value is -0.320. The molecule has 8 nitrogen and oxygen atoms in total. The third kappa shape index (κ3) is 4.23. The number of likely N-dealkylation sites (N-methyl/N-ethyl adjacent to an activating group) is 1. The van der Waals surface area contributed by atoms with Gasteiger partial charge >= 0.3 is 0 Å². The van der Waals surface area contributed by atoms with Gasteiger partial charge in [0.1, 0.15) is 24.4 Å². The maximum Gasteiger partial charge on any atom is 0.160 e. The molecule has 0 aromatic rings. The van der Waals surface area contributed by atoms with E-state index in [1.807, 2.05) is 27.7 Å². The fraction of sp³-hybridized carbons (Fsp3) is 1.00. The molecule has 2 rings (SSSR count). The second-order valence-corrected chi connectivity index (χ2v) is 8.81. The topological polar surface area (TPSA) is 121 Å². The molecule has 0 saturated carbocycles. The highest BCUT2D eigenvalue weighted by Crippen LogP contribution is 2.37. The Balaban J connectivity index is 2.21. The summed E-state index contributed by atoms with van der Waals surface area (Å²) in [6.45, 7) is 9.09. The van der Waals surface area contributed by atoms with E-state index < -0.39 is 66.6 Å². The van der Waals surface area contributed by atoms with E-state index in [9.17, 15) is 20.4 Å². The van der Waals surface area contributed by atoms with Gasteiger partial charge in [0.2, 0.25) is 0 Å². The first-order valence-corrected chi connectivity index (χ1v) is 9.25. The van der Waals surface area contributed by atoms with Crippen LogP contribution in [0.15, 0.2) is 0 Å². The zero-order valence-electron chi connectivity index (χ0n) is 16.5. The summed E-state index contributed by atoms with van der Waals surface area (Å²) in [4.78, 5) is 0. The summed E-state index contributed by atoms with van der Waals surface area (Å²) < 4.78 is 17.7. The highest BCUT2D eigenvalue weighted by molar-refractivity contribution is 5.00. The van der Waals surface area contributed by atoms with Crippen molar-refractivity contribution >= 4 is 0 Å². The van der Waals surface area contributed by atoms with Crippen LogP contribution in [0.25, 0.3) is 0 Å². The van der Waals surface area contributed by atoms with Gasteiger partial charge in [-0.2, -0.15) is 0 Å². The Labute approximate surface area is 155 Å². The van der Waals surface area contributed by atoms with Gasteiger partial charge in [-0.05, 0) is 26.3 Å². The molecule has 0 aliphatic carbocycles. The lowest BCUT2D eigenvalue weighted by atomic mass is 9.80. The Bertz CT molecular complexity index is 471. The number of ether oxygens (including phenoxy) is 3. The van der Waals surface area contributed by atoms with Gasteiger partial charge in [0, 0.05) is 12.0 Å². The fourth-order valence-corrected chi connectivity index (χ4v) is 3.79. The lowest BCUT2D eigenvalue weighted by molar-refractivity contribution is -0.319. The molecule has 0 amide bonds. The molecule has 0 bridgehead atoms. The average Bonchev–Trinajstić information content (AvgIpc) is 2.56. The van der Waals surface area contributed by atoms with Crippen molar-refractivity contribution in [3.63, 3.8) is 0 Å². The normalized spacial score (nSPS) is 47.8. The van der Waals surface area contributed by atoms with E-state index in [2.05, 4.69) is 5.32 Å². The summed E-state index contributed by atoms with van der Waals surface area (Å²) >= 11 is 0. The van der Waals surface area contributed by atoms with Crippen LogP contribution in [0.2, 0.25) is 0 Å². The van der Waals surface area contributed by atoms with Crippen LogP contribution in [0.3, 0.4) is 0 Å². The first-order chi connectivity index (χ1) is 11.9. The first kappa shape index (κ1) is 22.0. The summed E-state index contributed by atoms with van der Waals surface area (Å²) in [6, 6.07) is 0. The average molecular weight is 377 g/mol. The van der Waals surface area contributed by atoms with Crippen molar-refractivity contribution in [1.29, 1.82) is 0 Å². The number of aliphatic hydroxyl groups is 4. The summed E-state index contributed by atoms with van der Waals surface area (Å²) in [5.41, 5.74) is -1.00. The van der Waals surface area contributed by atoms with E-state index in [1.54, 1.807) is 14.0 Å². The Kier molecular flexibility index (Phi) is 6.73. The minimum absolute atomic E-state index is 0.370. The van der Waals surface area contributed by atoms with Crippen molar-refractivity contribution in [2.45, 2.75) is 95.6 Å². The number of hydrogen-bond donors (Lipinski definition) is 5. The molecule has 154 valence electrons. The molecule has 5 N–H and O–H groups in total. The van der Waals surface area contributed by atoms with Gasteiger partial charge < -0.3 is 40.0 Å². The molecule has 0 aromatic heterocycles. The zero-order chi connectivity index (χ0) is 19.9. The maximum atomic E-state index is 10.6. The van der Waals surface area contributed by atoms with Crippen LogP contribution in [0, 0.1) is 5.41 Å². The third-order valence-electron chi connectivity index (χ3n) is 5.66. The van der Waals surface area contributed by atoms with Gasteiger partial charge in [-0.1, -0.05) is 20.8 Å². The van der Waals surface area contributed by atoms with Crippen molar-refractivity contribution in [2.75, 3.05) is 13.7 Å². The van der Waals surface area contributed by atoms with Crippen molar-refractivity contribution in [3.8, 4) is 0 Å². The molecule has 2 saturated heterocycles. The molecular formula is C18H35NO7. The summed E-state index contributed by atoms with van der Waals surface area (Å²) in [6.07, 6.45) is -6.22. The molecule has 9 atom stereocenters. The SMILES string of the molecule is CN[C@@]1(C)C[C@H](O[C@H]2C(C(C)(C)C)O[C@H](CO)[C@@H](O)[C@@H]2O)O[C@@H](C)[C@H]1O. The summed E-state index contributed by atoms with van der Waals surface area (Å²) in [7, 11) is 1.77. The smallest absolute Gasteiger partial charge is 0.160 e. The van der Waals surface area contributed by atoms with E-state index in [-0.39, 0.29) is 0 Å². The van der Waals surface area contributed by atoms with E-state index in [1.165, 1.54) is 0 Å². The van der Waals surface area contributed by atoms with Crippen molar-refractivity contribution in [2.24, 2.45) is 5.41 Å². The van der Waals surface area contributed by atoms with Crippen LogP contribution < -0.4 is 5.32 Å². The molecule has 26 heavy (non-hydrogen) atoms. The quantitative estimate of drug-likeness (QED) is 0.439. The minimum Gasteiger partial charge on any atom is -0.394 e. The van der Waals surface area contributed by atoms with E-state index in [0.717, 1.165) is 0 Å². The number of aliphatic hydroxyl groups excluding tert-OH is 4. The molecule has 2 aliphatic rings. The van der Waals surface area contributed by atoms with Gasteiger partial charge in [-0.15, -0.1) is 0 Å². The molecule has 2 heterocycles. The van der Waals surface area contributed by atoms with Crippen LogP contribution in [-0.4, -0.2) is 88.6 Å². The molecular weight excluding hydrogens is 342 g/mol. The highest BCUT2D eigenvalue weighted by Gasteiger charge is 2.52. The fourth-order valence-electron chi connectivity index (χ4n) is 3.79. The molecule has 0 aromatic carbocycles. The standard InChI is InChI=1S/C18H35NO7/c1-9-15(23)18(5,19-6)7-11(24-9)26-14-13(22)12(21)10(8-20)25-16(14)17(2,3)4/h9-16,19-23H,7-8H2,1-6H3/t9-,10+,11-,12+,13-,14+,15+,16?,18-/m0/s1. The minimum atomic E-state index is -1.26. The molecule has 2 aliphatic heterocycles. The van der Waals surface area contributed by atoms with E-state index in [4.69, 9.17) is 14.2 Å². The predicted molar refractivity (Wildman–Crippen MR) is 94.5 cm³/mol. The second kappa shape index (κ2) is 7.97. The van der Waals surface area contributed by atoms with Crippen LogP contribution in [-0.2, 0) is 14.2 Å². The summed E-state index contributed by atoms with van der Waals surface area (Å²) in [5.74, 6) is 0. The molecule has 8 heteroatoms. The van der Waals surface area contributed by atoms with Crippen LogP contribution in [0.1, 0.15) is 41.0 Å². The van der Waals surface area contributed by atoms with Crippen molar-refractivity contribution in [1.82, 2.24) is 5.32 Å². The molecule has 1 unspecified atom stereocenters. The zero-order valence-corrected chi connectivity index (χ0v) is 16.5. The summed E-state index contributed by atoms with van der Waals surface area (Å²) in [5, 5.41) is 43.8. The Morgan fingerprint density at radius 3 is 2.27 bits per heavy atom. The molecule has 2 fully saturated rings. The van der Waals surface area contributed by atoms with Gasteiger partial charge in [0.25, 0.3) is 0 Å². The number of nitrogens with one attached hydrogen (secondary N) is 1. The lowest BCUT2D eigenvalue weighted by Crippen LogP contribution is -2.65. The van der Waals surface area contributed by atoms with Crippen LogP contribution in [0.5, 0.6) is 0 Å². The van der Waals surface area contributed by atoms with Gasteiger partial charge in [-0.25, -0.2) is 0 Å². The Morgan fingerprint density at radius 1 is 1.15 bits per heavy atom. The van der Waals surface area contributed by atoms with Gasteiger partial charge in [-0.3, -0.25) is 0 Å². The number of hydrogen-bond acceptors (Lipinski definition) is 8. The molecule has 0 spiro atoms. The van der Waals surface area contributed by atoms with E-state index in [0.29, 0.717) is 6.42 Å². The largest absolute Gasteiger partial charge is 0.394 e. The predicted octanol–water partition coefficient (Wildman–Crippen LogP) is -0.627. The number of rotatable bonds is 4. The maximum absolute atomic E-state index is 10.6. The first-order valence-electron chi connectivity index (χ1n) is 9.25. The highest BCUT2D eigenvalue weighted by atomic mass is 16.7. The molecule has 0 radical (unpaired) electrons. The van der Waals surface area contributed by atoms with Crippen LogP contribution >= 0.6 is 0 Å². The lowest BCUT2D eigenvalue weighted by Gasteiger charge is -2.50. The monoisotopic (exact) mass is 377 g/mol. The van der Waals surface area contributed by atoms with Crippen LogP contribution in [0.4, 0.5) is 0 Å².